The van der Waals surface area contributed by atoms with E-state index in [0.717, 1.165) is 38.9 Å². The molecule has 0 radical (unpaired) electrons. The summed E-state index contributed by atoms with van der Waals surface area (Å²) in [5.74, 6) is -18.7. The van der Waals surface area contributed by atoms with Crippen LogP contribution < -0.4 is 86.3 Å². The molecule has 39 heteroatoms. The average Bonchev–Trinajstić information content (AvgIpc) is 1.77. The molecule has 4 aromatic carbocycles. The summed E-state index contributed by atoms with van der Waals surface area (Å²) in [5, 5.41) is 60.4. The Morgan fingerprint density at radius 1 is 0.488 bits per heavy atom. The molecular formula is C88H125N21O17S. The van der Waals surface area contributed by atoms with Crippen molar-refractivity contribution in [1.29, 1.82) is 10.8 Å². The number of thioether (sulfide) groups is 1. The maximum Gasteiger partial charge on any atom is 0.305 e. The van der Waals surface area contributed by atoms with Crippen LogP contribution in [0.1, 0.15) is 137 Å². The van der Waals surface area contributed by atoms with E-state index in [9.17, 15) is 67.4 Å². The summed E-state index contributed by atoms with van der Waals surface area (Å²) in [6.07, 6.45) is -0.814. The van der Waals surface area contributed by atoms with Gasteiger partial charge in [-0.2, -0.15) is 0 Å². The second kappa shape index (κ2) is 49.8. The number of nitrogens with two attached hydrogens (primary N) is 3. The van der Waals surface area contributed by atoms with Crippen LogP contribution in [0.2, 0.25) is 0 Å². The van der Waals surface area contributed by atoms with Gasteiger partial charge in [-0.05, 0) is 115 Å². The standard InChI is InChI=1S/C88H125N21O17S/c1-10-52(8)74-84(124)101-62(42-53-29-33-57(34-30-53)55-21-13-11-14-22-55)79(119)102-64(43-54-31-35-58(36-32-54)56-23-15-12-16-24-56)85(125)107(9)46-70(112)108-39-19-27-66(108)81(121)100-63(44-71(113)114)80(120)97-60(26-18-38-95-88(92)93)77(117)106-73(51(6)7)86(126)109-40-20-28-67(109)82(122)105-72(50(4)5)83(123)98-59(25-17-37-94-87(90)91)76(116)99-61(41-49(2)3)78(118)103-65(47-127-48-69(111)104-74)75(115)96-45-68(89)110/h11-16,21-24,29-36,49-52,59-67,72-74H,10,17-20,25-28,37-48H2,1-9H3,(H2,89,110)(H,96,115)(H,97,120)(H,98,123)(H,99,116)(H,100,121)(H,101,124)(H,102,119)(H,103,118)(H,104,111)(H,105,122)(H,106,117)(H,113,114)(H4,90,91,94)(H4,92,93,95)/t52-,59-,60-,61-,62-,63-,64-,65-,66-,67-,72-,73-,74?/m0/s1. The first-order valence-corrected chi connectivity index (χ1v) is 44.2. The first kappa shape index (κ1) is 101. The highest BCUT2D eigenvalue weighted by atomic mass is 32.2. The molecule has 0 spiro atoms. The number of nitrogens with zero attached hydrogens (tertiary/aromatic N) is 3. The molecule has 22 N–H and O–H groups in total. The van der Waals surface area contributed by atoms with E-state index < -0.39 is 222 Å². The van der Waals surface area contributed by atoms with Gasteiger partial charge in [-0.1, -0.05) is 171 Å². The van der Waals surface area contributed by atoms with Crippen LogP contribution in [0.5, 0.6) is 0 Å². The van der Waals surface area contributed by atoms with E-state index in [4.69, 9.17) is 28.0 Å². The van der Waals surface area contributed by atoms with Crippen molar-refractivity contribution in [3.05, 3.63) is 120 Å². The van der Waals surface area contributed by atoms with E-state index in [1.165, 1.54) is 16.8 Å². The Morgan fingerprint density at radius 3 is 1.43 bits per heavy atom. The number of likely N-dealkylation sites (N-methyl/N-ethyl adjacent to an activating group) is 1. The second-order valence-corrected chi connectivity index (χ2v) is 34.4. The predicted octanol–water partition coefficient (Wildman–Crippen LogP) is -0.152. The molecular weight excluding hydrogens is 1660 g/mol. The third-order valence-electron chi connectivity index (χ3n) is 22.2. The summed E-state index contributed by atoms with van der Waals surface area (Å²) in [5.41, 5.74) is 21.1. The number of benzene rings is 4. The van der Waals surface area contributed by atoms with Crippen LogP contribution in [0.15, 0.2) is 109 Å². The van der Waals surface area contributed by atoms with Crippen LogP contribution in [-0.2, 0) is 89.6 Å². The van der Waals surface area contributed by atoms with Gasteiger partial charge in [0, 0.05) is 51.8 Å². The third kappa shape index (κ3) is 31.7. The minimum atomic E-state index is -1.90. The number of carboxylic acids is 1. The maximum atomic E-state index is 15.5. The average molecular weight is 1780 g/mol. The van der Waals surface area contributed by atoms with Crippen LogP contribution in [0.4, 0.5) is 0 Å². The SMILES string of the molecule is CC[C@H](C)C1NC(=O)CSC[C@@H](C(=O)NCC(N)=O)NC(=O)[C@H](CC(C)C)NC(=O)[C@H](CCCNC(=N)N)NC(=O)[C@H](C(C)C)NC(=O)[C@@H]2CCCN2C(=O)[C@H](C(C)C)NC(=O)[C@H](CCCNC(=N)N)NC(=O)[C@H](CC(=O)O)NC(=O)[C@@H]2CCCN2C(=O)CN(C)C(=O)[C@H](Cc2ccc(-c3ccccc3)cc2)NC(=O)[C@H](Cc2ccc(-c3ccccc3)cc2)NC1=O. The van der Waals surface area contributed by atoms with Crippen molar-refractivity contribution < 1.29 is 81.8 Å². The first-order valence-electron chi connectivity index (χ1n) is 43.0. The number of carbonyl (C=O) groups is 16. The summed E-state index contributed by atoms with van der Waals surface area (Å²) in [6.45, 7) is 12.0. The monoisotopic (exact) mass is 1780 g/mol. The van der Waals surface area contributed by atoms with Crippen molar-refractivity contribution in [2.45, 2.75) is 211 Å². The van der Waals surface area contributed by atoms with Crippen molar-refractivity contribution >= 4 is 118 Å². The van der Waals surface area contributed by atoms with Crippen molar-refractivity contribution in [2.75, 3.05) is 57.8 Å². The lowest BCUT2D eigenvalue weighted by Gasteiger charge is -2.33. The van der Waals surface area contributed by atoms with Gasteiger partial charge in [0.05, 0.1) is 25.3 Å². The van der Waals surface area contributed by atoms with Crippen LogP contribution in [-0.4, -0.2) is 257 Å². The van der Waals surface area contributed by atoms with Crippen LogP contribution in [0.25, 0.3) is 22.3 Å². The molecule has 3 fully saturated rings. The molecule has 15 amide bonds. The number of guanidine groups is 2. The fraction of sp³-hybridized carbons (Fsp3) is 0.523. The zero-order valence-electron chi connectivity index (χ0n) is 73.4. The number of fused-ring (bicyclic) bond motifs is 2. The van der Waals surface area contributed by atoms with E-state index in [1.54, 1.807) is 79.7 Å². The minimum Gasteiger partial charge on any atom is -0.481 e. The molecule has 4 aromatic rings. The number of aliphatic carboxylic acids is 1. The smallest absolute Gasteiger partial charge is 0.305 e. The molecule has 690 valence electrons. The number of nitrogens with one attached hydrogen (secondary N) is 15. The highest BCUT2D eigenvalue weighted by molar-refractivity contribution is 8.00. The Balaban J connectivity index is 1.29. The topological polar surface area (TPSA) is 585 Å². The number of carbonyl (C=O) groups excluding carboxylic acids is 15. The molecule has 3 aliphatic rings. The Hall–Kier alpha value is -12.7. The van der Waals surface area contributed by atoms with Gasteiger partial charge in [0.25, 0.3) is 0 Å². The van der Waals surface area contributed by atoms with Gasteiger partial charge in [-0.15, -0.1) is 11.8 Å². The number of rotatable bonds is 25. The highest BCUT2D eigenvalue weighted by Crippen LogP contribution is 2.26. The van der Waals surface area contributed by atoms with Crippen molar-refractivity contribution in [1.82, 2.24) is 83.8 Å². The number of carboxylic acid groups (broad SMARTS) is 1. The number of hydrogen-bond acceptors (Lipinski definition) is 19. The quantitative estimate of drug-likeness (QED) is 0.0233. The molecule has 0 aliphatic carbocycles. The summed E-state index contributed by atoms with van der Waals surface area (Å²) in [6, 6.07) is 15.7. The Kier molecular flexibility index (Phi) is 39.8. The molecule has 3 saturated heterocycles. The zero-order chi connectivity index (χ0) is 93.3. The lowest BCUT2D eigenvalue weighted by atomic mass is 9.96. The summed E-state index contributed by atoms with van der Waals surface area (Å²) in [7, 11) is 1.31. The second-order valence-electron chi connectivity index (χ2n) is 33.4. The van der Waals surface area contributed by atoms with E-state index in [2.05, 4.69) is 69.1 Å². The zero-order valence-corrected chi connectivity index (χ0v) is 74.3. The van der Waals surface area contributed by atoms with Gasteiger partial charge in [0.1, 0.15) is 72.5 Å². The summed E-state index contributed by atoms with van der Waals surface area (Å²) >= 11 is 0.841. The van der Waals surface area contributed by atoms with Crippen molar-refractivity contribution in [3.8, 4) is 22.3 Å². The van der Waals surface area contributed by atoms with Gasteiger partial charge >= 0.3 is 5.97 Å². The van der Waals surface area contributed by atoms with Crippen LogP contribution >= 0.6 is 11.8 Å². The highest BCUT2D eigenvalue weighted by Gasteiger charge is 2.44. The van der Waals surface area contributed by atoms with Gasteiger partial charge in [0.2, 0.25) is 88.6 Å². The Bertz CT molecular complexity index is 4530. The van der Waals surface area contributed by atoms with E-state index in [0.29, 0.717) is 17.5 Å². The molecule has 0 saturated carbocycles. The van der Waals surface area contributed by atoms with Crippen LogP contribution in [0.3, 0.4) is 0 Å². The third-order valence-corrected chi connectivity index (χ3v) is 23.2. The van der Waals surface area contributed by atoms with Crippen molar-refractivity contribution in [3.63, 3.8) is 0 Å². The molecule has 3 aliphatic heterocycles. The van der Waals surface area contributed by atoms with Gasteiger partial charge in [-0.25, -0.2) is 0 Å². The summed E-state index contributed by atoms with van der Waals surface area (Å²) < 4.78 is 0. The van der Waals surface area contributed by atoms with E-state index in [1.807, 2.05) is 84.9 Å². The molecule has 13 atom stereocenters. The molecule has 3 heterocycles. The molecule has 0 aromatic heterocycles. The normalized spacial score (nSPS) is 23.5. The van der Waals surface area contributed by atoms with Crippen LogP contribution in [0, 0.1) is 34.5 Å². The molecule has 7 rings (SSSR count). The van der Waals surface area contributed by atoms with Gasteiger partial charge < -0.3 is 106 Å². The van der Waals surface area contributed by atoms with Gasteiger partial charge in [-0.3, -0.25) is 87.5 Å². The number of amides is 15. The van der Waals surface area contributed by atoms with E-state index >= 15 is 14.4 Å². The fourth-order valence-electron chi connectivity index (χ4n) is 15.0. The number of hydrogen-bond donors (Lipinski definition) is 19. The molecule has 1 unspecified atom stereocenters. The molecule has 127 heavy (non-hydrogen) atoms. The van der Waals surface area contributed by atoms with Gasteiger partial charge in [0.15, 0.2) is 11.9 Å². The Morgan fingerprint density at radius 2 is 0.921 bits per heavy atom. The summed E-state index contributed by atoms with van der Waals surface area (Å²) in [4.78, 5) is 235. The lowest BCUT2D eigenvalue weighted by Crippen LogP contribution is -2.61. The molecule has 0 bridgehead atoms. The fourth-order valence-corrected chi connectivity index (χ4v) is 15.9. The molecule has 38 nitrogen and oxygen atoms in total. The maximum absolute atomic E-state index is 15.5. The van der Waals surface area contributed by atoms with Crippen molar-refractivity contribution in [2.24, 2.45) is 40.9 Å². The minimum absolute atomic E-state index is 0.00319. The largest absolute Gasteiger partial charge is 0.481 e. The van der Waals surface area contributed by atoms with E-state index in [-0.39, 0.29) is 108 Å². The number of primary amides is 1. The lowest BCUT2D eigenvalue weighted by molar-refractivity contribution is -0.145. The predicted molar refractivity (Wildman–Crippen MR) is 476 cm³/mol. The first-order chi connectivity index (χ1) is 60.3. The Labute approximate surface area is 743 Å².